The van der Waals surface area contributed by atoms with Crippen LogP contribution in [0.4, 0.5) is 8.78 Å². The molecule has 1 fully saturated rings. The molecule has 1 aliphatic carbocycles. The number of methoxy groups -OCH3 is 1. The summed E-state index contributed by atoms with van der Waals surface area (Å²) in [7, 11) is 1.30. The molecule has 2 rings (SSSR count). The van der Waals surface area contributed by atoms with Crippen LogP contribution in [0.3, 0.4) is 0 Å². The maximum Gasteiger partial charge on any atom is 0.165 e. The van der Waals surface area contributed by atoms with Crippen molar-refractivity contribution in [2.24, 2.45) is 5.92 Å². The Morgan fingerprint density at radius 3 is 2.50 bits per heavy atom. The van der Waals surface area contributed by atoms with E-state index < -0.39 is 11.6 Å². The smallest absolute Gasteiger partial charge is 0.165 e. The molecule has 2 atom stereocenters. The van der Waals surface area contributed by atoms with Crippen molar-refractivity contribution in [2.75, 3.05) is 7.11 Å². The number of carbonyl (C=O) groups excluding carboxylic acids is 1. The van der Waals surface area contributed by atoms with E-state index in [0.29, 0.717) is 6.42 Å². The third-order valence-electron chi connectivity index (χ3n) is 2.98. The molecule has 0 heterocycles. The number of hydrogen-bond acceptors (Lipinski definition) is 2. The Bertz CT molecular complexity index is 443. The zero-order valence-corrected chi connectivity index (χ0v) is 9.09. The van der Waals surface area contributed by atoms with Gasteiger partial charge in [0.25, 0.3) is 0 Å². The van der Waals surface area contributed by atoms with Gasteiger partial charge in [-0.05, 0) is 25.5 Å². The number of hydrogen-bond donors (Lipinski definition) is 0. The highest BCUT2D eigenvalue weighted by molar-refractivity contribution is 5.82. The monoisotopic (exact) mass is 226 g/mol. The highest BCUT2D eigenvalue weighted by Gasteiger charge is 2.45. The molecule has 2 nitrogen and oxygen atoms in total. The molecule has 0 bridgehead atoms. The molecular weight excluding hydrogens is 214 g/mol. The lowest BCUT2D eigenvalue weighted by Gasteiger charge is -2.09. The lowest BCUT2D eigenvalue weighted by Crippen LogP contribution is -2.01. The first-order chi connectivity index (χ1) is 7.56. The van der Waals surface area contributed by atoms with E-state index in [4.69, 9.17) is 4.74 Å². The van der Waals surface area contributed by atoms with Gasteiger partial charge in [-0.3, -0.25) is 4.79 Å². The molecule has 0 saturated heterocycles. The molecule has 1 aliphatic rings. The Labute approximate surface area is 92.2 Å². The van der Waals surface area contributed by atoms with Crippen LogP contribution < -0.4 is 4.74 Å². The van der Waals surface area contributed by atoms with Gasteiger partial charge in [-0.15, -0.1) is 0 Å². The van der Waals surface area contributed by atoms with Crippen LogP contribution in [0.1, 0.15) is 24.8 Å². The molecule has 1 aromatic carbocycles. The quantitative estimate of drug-likeness (QED) is 0.792. The molecule has 16 heavy (non-hydrogen) atoms. The number of carbonyl (C=O) groups is 1. The summed E-state index contributed by atoms with van der Waals surface area (Å²) in [6.07, 6.45) is 0.575. The van der Waals surface area contributed by atoms with E-state index in [1.807, 2.05) is 0 Å². The van der Waals surface area contributed by atoms with Gasteiger partial charge in [-0.1, -0.05) is 0 Å². The third kappa shape index (κ3) is 1.68. The van der Waals surface area contributed by atoms with Gasteiger partial charge < -0.3 is 4.74 Å². The topological polar surface area (TPSA) is 26.3 Å². The van der Waals surface area contributed by atoms with Crippen molar-refractivity contribution >= 4 is 5.78 Å². The van der Waals surface area contributed by atoms with Crippen molar-refractivity contribution in [3.8, 4) is 5.75 Å². The van der Waals surface area contributed by atoms with Crippen LogP contribution in [0.15, 0.2) is 12.1 Å². The Morgan fingerprint density at radius 2 is 2.00 bits per heavy atom. The van der Waals surface area contributed by atoms with Crippen molar-refractivity contribution in [2.45, 2.75) is 19.3 Å². The van der Waals surface area contributed by atoms with Crippen LogP contribution in [-0.4, -0.2) is 12.9 Å². The van der Waals surface area contributed by atoms with Crippen molar-refractivity contribution < 1.29 is 18.3 Å². The fraction of sp³-hybridized carbons (Fsp3) is 0.417. The van der Waals surface area contributed by atoms with Gasteiger partial charge in [0, 0.05) is 17.4 Å². The van der Waals surface area contributed by atoms with Gasteiger partial charge in [-0.25, -0.2) is 8.78 Å². The maximum absolute atomic E-state index is 13.6. The molecule has 0 aromatic heterocycles. The first-order valence-corrected chi connectivity index (χ1v) is 5.08. The van der Waals surface area contributed by atoms with Gasteiger partial charge >= 0.3 is 0 Å². The predicted octanol–water partition coefficient (Wildman–Crippen LogP) is 2.67. The predicted molar refractivity (Wildman–Crippen MR) is 54.4 cm³/mol. The maximum atomic E-state index is 13.6. The van der Waals surface area contributed by atoms with Crippen LogP contribution >= 0.6 is 0 Å². The minimum atomic E-state index is -0.590. The summed E-state index contributed by atoms with van der Waals surface area (Å²) in [5, 5.41) is 0. The second-order valence-electron chi connectivity index (χ2n) is 4.04. The van der Waals surface area contributed by atoms with Gasteiger partial charge in [0.2, 0.25) is 0 Å². The lowest BCUT2D eigenvalue weighted by molar-refractivity contribution is -0.118. The molecule has 86 valence electrons. The summed E-state index contributed by atoms with van der Waals surface area (Å²) in [6.45, 7) is 1.47. The van der Waals surface area contributed by atoms with Crippen molar-refractivity contribution in [1.29, 1.82) is 0 Å². The lowest BCUT2D eigenvalue weighted by atomic mass is 10.1. The molecule has 0 N–H and O–H groups in total. The second kappa shape index (κ2) is 3.85. The zero-order valence-electron chi connectivity index (χ0n) is 9.09. The first kappa shape index (κ1) is 11.0. The molecule has 0 spiro atoms. The molecular formula is C12H12F2O2. The van der Waals surface area contributed by atoms with E-state index in [2.05, 4.69) is 0 Å². The van der Waals surface area contributed by atoms with Crippen LogP contribution in [0, 0.1) is 17.6 Å². The summed E-state index contributed by atoms with van der Waals surface area (Å²) in [6, 6.07) is 2.10. The van der Waals surface area contributed by atoms with E-state index in [1.54, 1.807) is 0 Å². The fourth-order valence-corrected chi connectivity index (χ4v) is 2.07. The minimum absolute atomic E-state index is 0.00992. The fourth-order valence-electron chi connectivity index (χ4n) is 2.07. The van der Waals surface area contributed by atoms with Gasteiger partial charge in [0.05, 0.1) is 7.11 Å². The number of halogens is 2. The number of ketones is 1. The Hall–Kier alpha value is -1.45. The van der Waals surface area contributed by atoms with Crippen LogP contribution in [0.5, 0.6) is 5.75 Å². The average Bonchev–Trinajstić information content (AvgIpc) is 3.00. The normalized spacial score (nSPS) is 23.0. The van der Waals surface area contributed by atoms with Gasteiger partial charge in [0.15, 0.2) is 11.6 Å². The van der Waals surface area contributed by atoms with Crippen LogP contribution in [0.2, 0.25) is 0 Å². The number of Topliss-reactive ketones (excluding diaryl/α,β-unsaturated/α-hetero) is 1. The van der Waals surface area contributed by atoms with Crippen LogP contribution in [0.25, 0.3) is 0 Å². The number of rotatable bonds is 3. The molecule has 0 amide bonds. The summed E-state index contributed by atoms with van der Waals surface area (Å²) < 4.78 is 31.8. The largest absolute Gasteiger partial charge is 0.493 e. The van der Waals surface area contributed by atoms with E-state index in [1.165, 1.54) is 14.0 Å². The summed E-state index contributed by atoms with van der Waals surface area (Å²) in [4.78, 5) is 11.1. The number of ether oxygens (including phenoxy) is 1. The molecule has 0 aliphatic heterocycles. The molecule has 0 radical (unpaired) electrons. The van der Waals surface area contributed by atoms with E-state index in [0.717, 1.165) is 12.1 Å². The second-order valence-corrected chi connectivity index (χ2v) is 4.04. The average molecular weight is 226 g/mol. The highest BCUT2D eigenvalue weighted by atomic mass is 19.1. The van der Waals surface area contributed by atoms with Crippen LogP contribution in [-0.2, 0) is 4.79 Å². The first-order valence-electron chi connectivity index (χ1n) is 5.08. The summed E-state index contributed by atoms with van der Waals surface area (Å²) in [5.74, 6) is -1.59. The third-order valence-corrected chi connectivity index (χ3v) is 2.98. The standard InChI is InChI=1S/C12H12F2O2/c1-6(15)7-5-8(7)11-9(13)3-4-10(14)12(11)16-2/h3-4,7-8H,5H2,1-2H3. The molecule has 1 saturated carbocycles. The van der Waals surface area contributed by atoms with Crippen molar-refractivity contribution in [3.63, 3.8) is 0 Å². The van der Waals surface area contributed by atoms with Crippen molar-refractivity contribution in [3.05, 3.63) is 29.3 Å². The Kier molecular flexibility index (Phi) is 2.66. The van der Waals surface area contributed by atoms with Crippen molar-refractivity contribution in [1.82, 2.24) is 0 Å². The molecule has 4 heteroatoms. The molecule has 2 unspecified atom stereocenters. The SMILES string of the molecule is COc1c(F)ccc(F)c1C1CC1C(C)=O. The van der Waals surface area contributed by atoms with Gasteiger partial charge in [-0.2, -0.15) is 0 Å². The van der Waals surface area contributed by atoms with E-state index >= 15 is 0 Å². The summed E-state index contributed by atoms with van der Waals surface area (Å²) >= 11 is 0. The highest BCUT2D eigenvalue weighted by Crippen LogP contribution is 2.52. The Morgan fingerprint density at radius 1 is 1.38 bits per heavy atom. The van der Waals surface area contributed by atoms with E-state index in [-0.39, 0.29) is 28.9 Å². The molecule has 1 aromatic rings. The zero-order chi connectivity index (χ0) is 11.9. The van der Waals surface area contributed by atoms with Gasteiger partial charge in [0.1, 0.15) is 11.6 Å². The minimum Gasteiger partial charge on any atom is -0.493 e. The van der Waals surface area contributed by atoms with E-state index in [9.17, 15) is 13.6 Å². The summed E-state index contributed by atoms with van der Waals surface area (Å²) in [5.41, 5.74) is 0.197. The number of benzene rings is 1. The Balaban J connectivity index is 2.41.